The summed E-state index contributed by atoms with van der Waals surface area (Å²) in [5, 5.41) is 2.92. The van der Waals surface area contributed by atoms with Crippen molar-refractivity contribution in [3.8, 4) is 11.5 Å². The Bertz CT molecular complexity index is 527. The van der Waals surface area contributed by atoms with Crippen LogP contribution in [-0.2, 0) is 9.84 Å². The Balaban J connectivity index is 2.28. The number of nitrogens with one attached hydrogen (secondary N) is 1. The largest absolute Gasteiger partial charge is 0.486 e. The van der Waals surface area contributed by atoms with Crippen LogP contribution in [0.25, 0.3) is 0 Å². The smallest absolute Gasteiger partial charge is 0.180 e. The Hall–Kier alpha value is -1.27. The molecule has 18 heavy (non-hydrogen) atoms. The molecule has 2 rings (SSSR count). The minimum atomic E-state index is -3.30. The fourth-order valence-electron chi connectivity index (χ4n) is 1.73. The molecule has 1 aromatic rings. The van der Waals surface area contributed by atoms with Crippen molar-refractivity contribution >= 4 is 9.84 Å². The van der Waals surface area contributed by atoms with E-state index in [1.807, 2.05) is 6.92 Å². The highest BCUT2D eigenvalue weighted by Gasteiger charge is 2.21. The fourth-order valence-corrected chi connectivity index (χ4v) is 3.31. The normalized spacial score (nSPS) is 16.3. The molecule has 0 bridgehead atoms. The van der Waals surface area contributed by atoms with Crippen molar-refractivity contribution in [1.29, 1.82) is 0 Å². The van der Waals surface area contributed by atoms with E-state index in [0.29, 0.717) is 24.7 Å². The van der Waals surface area contributed by atoms with Gasteiger partial charge in [0, 0.05) is 12.1 Å². The summed E-state index contributed by atoms with van der Waals surface area (Å²) in [6, 6.07) is 4.64. The molecule has 1 aliphatic rings. The quantitative estimate of drug-likeness (QED) is 0.879. The van der Waals surface area contributed by atoms with Gasteiger partial charge < -0.3 is 14.8 Å². The molecule has 0 amide bonds. The summed E-state index contributed by atoms with van der Waals surface area (Å²) in [5.41, 5.74) is 0. The molecule has 0 fully saturated rings. The van der Waals surface area contributed by atoms with Gasteiger partial charge in [-0.1, -0.05) is 0 Å². The van der Waals surface area contributed by atoms with Crippen LogP contribution in [0, 0.1) is 0 Å². The third kappa shape index (κ3) is 2.76. The number of sulfone groups is 1. The highest BCUT2D eigenvalue weighted by Crippen LogP contribution is 2.32. The van der Waals surface area contributed by atoms with Crippen molar-refractivity contribution in [2.45, 2.75) is 17.9 Å². The molecule has 0 aliphatic carbocycles. The summed E-state index contributed by atoms with van der Waals surface area (Å²) < 4.78 is 35.0. The van der Waals surface area contributed by atoms with Crippen molar-refractivity contribution in [2.75, 3.05) is 26.0 Å². The maximum atomic E-state index is 12.2. The van der Waals surface area contributed by atoms with E-state index < -0.39 is 9.84 Å². The maximum absolute atomic E-state index is 12.2. The molecule has 100 valence electrons. The number of rotatable bonds is 4. The number of benzene rings is 1. The van der Waals surface area contributed by atoms with Gasteiger partial charge in [0.25, 0.3) is 0 Å². The van der Waals surface area contributed by atoms with Crippen LogP contribution in [0.1, 0.15) is 6.92 Å². The molecule has 5 nitrogen and oxygen atoms in total. The molecule has 1 aliphatic heterocycles. The SMILES string of the molecule is CNC(C)CS(=O)(=O)c1ccc2c(c1)OCCO2. The second kappa shape index (κ2) is 5.16. The van der Waals surface area contributed by atoms with Gasteiger partial charge in [0.1, 0.15) is 13.2 Å². The van der Waals surface area contributed by atoms with Crippen LogP contribution in [-0.4, -0.2) is 40.5 Å². The fraction of sp³-hybridized carbons (Fsp3) is 0.500. The van der Waals surface area contributed by atoms with E-state index in [1.54, 1.807) is 19.2 Å². The van der Waals surface area contributed by atoms with E-state index >= 15 is 0 Å². The third-order valence-corrected chi connectivity index (χ3v) is 4.75. The average Bonchev–Trinajstić information content (AvgIpc) is 2.37. The van der Waals surface area contributed by atoms with E-state index in [-0.39, 0.29) is 16.7 Å². The lowest BCUT2D eigenvalue weighted by Gasteiger charge is -2.19. The van der Waals surface area contributed by atoms with Crippen LogP contribution < -0.4 is 14.8 Å². The molecule has 0 saturated carbocycles. The summed E-state index contributed by atoms with van der Waals surface area (Å²) in [4.78, 5) is 0.272. The molecule has 1 heterocycles. The van der Waals surface area contributed by atoms with E-state index in [9.17, 15) is 8.42 Å². The standard InChI is InChI=1S/C12H17NO4S/c1-9(13-2)8-18(14,15)10-3-4-11-12(7-10)17-6-5-16-11/h3-4,7,9,13H,5-6,8H2,1-2H3. The van der Waals surface area contributed by atoms with Gasteiger partial charge in [-0.05, 0) is 26.1 Å². The monoisotopic (exact) mass is 271 g/mol. The summed E-state index contributed by atoms with van der Waals surface area (Å²) >= 11 is 0. The minimum absolute atomic E-state index is 0.0587. The van der Waals surface area contributed by atoms with Crippen LogP contribution in [0.3, 0.4) is 0 Å². The van der Waals surface area contributed by atoms with Crippen molar-refractivity contribution < 1.29 is 17.9 Å². The molecular weight excluding hydrogens is 254 g/mol. The lowest BCUT2D eigenvalue weighted by molar-refractivity contribution is 0.171. The predicted molar refractivity (Wildman–Crippen MR) is 68.0 cm³/mol. The van der Waals surface area contributed by atoms with Crippen LogP contribution in [0.15, 0.2) is 23.1 Å². The van der Waals surface area contributed by atoms with E-state index in [2.05, 4.69) is 5.32 Å². The maximum Gasteiger partial charge on any atom is 0.180 e. The van der Waals surface area contributed by atoms with E-state index in [1.165, 1.54) is 6.07 Å². The molecule has 0 spiro atoms. The molecule has 0 aromatic heterocycles. The van der Waals surface area contributed by atoms with Gasteiger partial charge in [0.2, 0.25) is 0 Å². The summed E-state index contributed by atoms with van der Waals surface area (Å²) in [7, 11) is -1.56. The molecule has 1 aromatic carbocycles. The molecule has 0 radical (unpaired) electrons. The Morgan fingerprint density at radius 1 is 1.28 bits per heavy atom. The number of hydrogen-bond donors (Lipinski definition) is 1. The second-order valence-electron chi connectivity index (χ2n) is 4.28. The molecular formula is C12H17NO4S. The van der Waals surface area contributed by atoms with E-state index in [4.69, 9.17) is 9.47 Å². The number of fused-ring (bicyclic) bond motifs is 1. The summed E-state index contributed by atoms with van der Waals surface area (Å²) in [6.45, 7) is 2.77. The van der Waals surface area contributed by atoms with Gasteiger partial charge in [0.05, 0.1) is 10.6 Å². The zero-order valence-corrected chi connectivity index (χ0v) is 11.3. The highest BCUT2D eigenvalue weighted by molar-refractivity contribution is 7.91. The van der Waals surface area contributed by atoms with Crippen LogP contribution in [0.2, 0.25) is 0 Å². The molecule has 6 heteroatoms. The topological polar surface area (TPSA) is 64.6 Å². The Morgan fingerprint density at radius 2 is 1.94 bits per heavy atom. The lowest BCUT2D eigenvalue weighted by Crippen LogP contribution is -2.30. The lowest BCUT2D eigenvalue weighted by atomic mass is 10.3. The molecule has 1 N–H and O–H groups in total. The van der Waals surface area contributed by atoms with Crippen molar-refractivity contribution in [3.63, 3.8) is 0 Å². The van der Waals surface area contributed by atoms with Gasteiger partial charge in [-0.2, -0.15) is 0 Å². The summed E-state index contributed by atoms with van der Waals surface area (Å²) in [6.07, 6.45) is 0. The first-order valence-corrected chi connectivity index (χ1v) is 7.48. The van der Waals surface area contributed by atoms with Gasteiger partial charge in [-0.3, -0.25) is 0 Å². The zero-order chi connectivity index (χ0) is 13.2. The minimum Gasteiger partial charge on any atom is -0.486 e. The van der Waals surface area contributed by atoms with Crippen molar-refractivity contribution in [1.82, 2.24) is 5.32 Å². The highest BCUT2D eigenvalue weighted by atomic mass is 32.2. The summed E-state index contributed by atoms with van der Waals surface area (Å²) in [5.74, 6) is 1.16. The van der Waals surface area contributed by atoms with Crippen LogP contribution in [0.5, 0.6) is 11.5 Å². The first-order chi connectivity index (χ1) is 8.53. The molecule has 1 atom stereocenters. The number of ether oxygens (including phenoxy) is 2. The molecule has 0 saturated heterocycles. The Labute approximate surface area is 107 Å². The zero-order valence-electron chi connectivity index (χ0n) is 10.5. The second-order valence-corrected chi connectivity index (χ2v) is 6.31. The van der Waals surface area contributed by atoms with Gasteiger partial charge in [-0.25, -0.2) is 8.42 Å². The van der Waals surface area contributed by atoms with Gasteiger partial charge in [0.15, 0.2) is 21.3 Å². The van der Waals surface area contributed by atoms with Crippen LogP contribution in [0.4, 0.5) is 0 Å². The van der Waals surface area contributed by atoms with Crippen molar-refractivity contribution in [2.24, 2.45) is 0 Å². The Kier molecular flexibility index (Phi) is 3.77. The average molecular weight is 271 g/mol. The van der Waals surface area contributed by atoms with Crippen LogP contribution >= 0.6 is 0 Å². The predicted octanol–water partition coefficient (Wildman–Crippen LogP) is 0.839. The Morgan fingerprint density at radius 3 is 2.61 bits per heavy atom. The molecule has 1 unspecified atom stereocenters. The first-order valence-electron chi connectivity index (χ1n) is 5.82. The van der Waals surface area contributed by atoms with Crippen molar-refractivity contribution in [3.05, 3.63) is 18.2 Å². The van der Waals surface area contributed by atoms with E-state index in [0.717, 1.165) is 0 Å². The first kappa shape index (κ1) is 13.2. The number of hydrogen-bond acceptors (Lipinski definition) is 5. The van der Waals surface area contributed by atoms with Gasteiger partial charge in [-0.15, -0.1) is 0 Å². The van der Waals surface area contributed by atoms with Gasteiger partial charge >= 0.3 is 0 Å². The third-order valence-electron chi connectivity index (χ3n) is 2.83.